The zero-order valence-electron chi connectivity index (χ0n) is 14.5. The molecule has 2 amide bonds. The number of hydrogen-bond acceptors (Lipinski definition) is 6. The lowest BCUT2D eigenvalue weighted by Gasteiger charge is -2.31. The van der Waals surface area contributed by atoms with Crippen LogP contribution in [-0.4, -0.2) is 64.8 Å². The van der Waals surface area contributed by atoms with E-state index in [-0.39, 0.29) is 39.6 Å². The number of benzene rings is 1. The summed E-state index contributed by atoms with van der Waals surface area (Å²) in [5.41, 5.74) is 1.79. The van der Waals surface area contributed by atoms with Crippen molar-refractivity contribution in [2.24, 2.45) is 0 Å². The van der Waals surface area contributed by atoms with Crippen molar-refractivity contribution < 1.29 is 23.1 Å². The average molecular weight is 443 g/mol. The van der Waals surface area contributed by atoms with Gasteiger partial charge in [0.2, 0.25) is 5.91 Å². The van der Waals surface area contributed by atoms with Crippen molar-refractivity contribution in [2.75, 3.05) is 20.1 Å². The van der Waals surface area contributed by atoms with Gasteiger partial charge in [-0.25, -0.2) is 8.42 Å². The number of fused-ring (bicyclic) bond motifs is 1. The molecule has 0 aromatic heterocycles. The van der Waals surface area contributed by atoms with Crippen molar-refractivity contribution >= 4 is 56.5 Å². The normalized spacial score (nSPS) is 18.4. The summed E-state index contributed by atoms with van der Waals surface area (Å²) in [5.74, 6) is -1.85. The molecule has 3 rings (SSSR count). The maximum absolute atomic E-state index is 13.0. The predicted molar refractivity (Wildman–Crippen MR) is 105 cm³/mol. The minimum absolute atomic E-state index is 0.0413. The number of nitrogens with zero attached hydrogens (tertiary/aromatic N) is 3. The molecule has 2 aliphatic heterocycles. The first kappa shape index (κ1) is 20.1. The number of thiocarbonyl (C=S) groups is 1. The van der Waals surface area contributed by atoms with Gasteiger partial charge in [-0.3, -0.25) is 29.2 Å². The summed E-state index contributed by atoms with van der Waals surface area (Å²) in [5, 5.41) is 12.0. The molecular formula is C16H15ClN4O5S2. The van der Waals surface area contributed by atoms with Gasteiger partial charge in [0.05, 0.1) is 6.54 Å². The minimum atomic E-state index is -4.19. The molecule has 1 aromatic rings. The van der Waals surface area contributed by atoms with Gasteiger partial charge in [0, 0.05) is 17.6 Å². The van der Waals surface area contributed by atoms with E-state index in [4.69, 9.17) is 23.8 Å². The van der Waals surface area contributed by atoms with Gasteiger partial charge < -0.3 is 5.11 Å². The van der Waals surface area contributed by atoms with Crippen LogP contribution in [0.1, 0.15) is 5.56 Å². The third kappa shape index (κ3) is 3.11. The second-order valence-electron chi connectivity index (χ2n) is 5.92. The summed E-state index contributed by atoms with van der Waals surface area (Å²) < 4.78 is 26.7. The zero-order valence-corrected chi connectivity index (χ0v) is 16.9. The maximum Gasteiger partial charge on any atom is 0.291 e. The number of likely N-dealkylation sites (N-methyl/N-ethyl adjacent to an activating group) is 1. The lowest BCUT2D eigenvalue weighted by Crippen LogP contribution is -2.49. The fraction of sp³-hybridized carbons (Fsp3) is 0.188. The van der Waals surface area contributed by atoms with Crippen LogP contribution in [0.15, 0.2) is 41.4 Å². The van der Waals surface area contributed by atoms with Gasteiger partial charge in [0.1, 0.15) is 11.4 Å². The van der Waals surface area contributed by atoms with E-state index in [2.05, 4.69) is 12.0 Å². The second-order valence-corrected chi connectivity index (χ2v) is 8.56. The highest BCUT2D eigenvalue weighted by Gasteiger charge is 2.41. The minimum Gasteiger partial charge on any atom is -0.505 e. The first-order chi connectivity index (χ1) is 13.1. The molecule has 1 aromatic carbocycles. The Morgan fingerprint density at radius 1 is 1.46 bits per heavy atom. The molecule has 2 aliphatic rings. The Bertz CT molecular complexity index is 1050. The van der Waals surface area contributed by atoms with Crippen LogP contribution in [0.5, 0.6) is 0 Å². The smallest absolute Gasteiger partial charge is 0.291 e. The summed E-state index contributed by atoms with van der Waals surface area (Å²) in [6.07, 6.45) is 1.27. The van der Waals surface area contributed by atoms with E-state index in [0.717, 1.165) is 5.01 Å². The Kier molecular flexibility index (Phi) is 5.08. The summed E-state index contributed by atoms with van der Waals surface area (Å²) in [4.78, 5) is 25.5. The number of aliphatic hydroxyl groups is 1. The van der Waals surface area contributed by atoms with E-state index >= 15 is 0 Å². The number of aliphatic hydroxyl groups excluding tert-OH is 1. The first-order valence-electron chi connectivity index (χ1n) is 7.85. The van der Waals surface area contributed by atoms with Crippen LogP contribution in [-0.2, 0) is 19.6 Å². The van der Waals surface area contributed by atoms with Crippen LogP contribution >= 0.6 is 23.8 Å². The van der Waals surface area contributed by atoms with Gasteiger partial charge in [-0.05, 0) is 30.4 Å². The fourth-order valence-electron chi connectivity index (χ4n) is 2.78. The lowest BCUT2D eigenvalue weighted by molar-refractivity contribution is -0.125. The molecule has 0 saturated carbocycles. The average Bonchev–Trinajstić information content (AvgIpc) is 2.87. The number of hydrazine groups is 1. The Morgan fingerprint density at radius 3 is 2.71 bits per heavy atom. The zero-order chi connectivity index (χ0) is 20.8. The monoisotopic (exact) mass is 442 g/mol. The molecule has 1 saturated heterocycles. The number of carbonyl (C=O) groups excluding carboxylic acids is 2. The summed E-state index contributed by atoms with van der Waals surface area (Å²) in [6, 6.07) is 3.89. The number of amides is 2. The molecule has 9 nitrogen and oxygen atoms in total. The molecule has 148 valence electrons. The van der Waals surface area contributed by atoms with Crippen LogP contribution in [0.2, 0.25) is 5.02 Å². The molecule has 28 heavy (non-hydrogen) atoms. The van der Waals surface area contributed by atoms with E-state index in [1.807, 2.05) is 0 Å². The van der Waals surface area contributed by atoms with Crippen LogP contribution < -0.4 is 5.43 Å². The van der Waals surface area contributed by atoms with Crippen molar-refractivity contribution in [3.05, 3.63) is 47.1 Å². The van der Waals surface area contributed by atoms with Gasteiger partial charge >= 0.3 is 0 Å². The molecule has 2 N–H and O–H groups in total. The molecular weight excluding hydrogens is 428 g/mol. The van der Waals surface area contributed by atoms with Crippen molar-refractivity contribution in [2.45, 2.75) is 4.90 Å². The van der Waals surface area contributed by atoms with E-state index in [1.54, 1.807) is 0 Å². The highest BCUT2D eigenvalue weighted by molar-refractivity contribution is 7.89. The van der Waals surface area contributed by atoms with Gasteiger partial charge in [-0.15, -0.1) is 6.58 Å². The third-order valence-corrected chi connectivity index (χ3v) is 6.71. The molecule has 1 fully saturated rings. The molecule has 2 heterocycles. The van der Waals surface area contributed by atoms with Gasteiger partial charge in [0.15, 0.2) is 16.6 Å². The van der Waals surface area contributed by atoms with E-state index in [1.165, 1.54) is 36.2 Å². The molecule has 0 radical (unpaired) electrons. The van der Waals surface area contributed by atoms with Gasteiger partial charge in [-0.2, -0.15) is 0 Å². The topological polar surface area (TPSA) is 110 Å². The van der Waals surface area contributed by atoms with E-state index in [0.29, 0.717) is 4.31 Å². The van der Waals surface area contributed by atoms with Crippen molar-refractivity contribution in [3.8, 4) is 0 Å². The number of hydrogen-bond donors (Lipinski definition) is 2. The number of sulfonamides is 1. The Balaban J connectivity index is 2.08. The van der Waals surface area contributed by atoms with Crippen molar-refractivity contribution in [3.63, 3.8) is 0 Å². The van der Waals surface area contributed by atoms with Crippen LogP contribution in [0.4, 0.5) is 0 Å². The number of rotatable bonds is 4. The van der Waals surface area contributed by atoms with Crippen molar-refractivity contribution in [1.29, 1.82) is 0 Å². The van der Waals surface area contributed by atoms with Gasteiger partial charge in [-0.1, -0.05) is 17.7 Å². The highest BCUT2D eigenvalue weighted by atomic mass is 35.5. The molecule has 0 spiro atoms. The SMILES string of the molecule is C=CCN1C(C(=O)NN2CC(=O)N(C)C2=S)=C(O)c2ccc(Cl)cc2S1(=O)=O. The Morgan fingerprint density at radius 2 is 2.14 bits per heavy atom. The van der Waals surface area contributed by atoms with E-state index < -0.39 is 27.4 Å². The number of halogens is 1. The number of nitrogens with one attached hydrogen (secondary N) is 1. The third-order valence-electron chi connectivity index (χ3n) is 4.17. The summed E-state index contributed by atoms with van der Waals surface area (Å²) in [7, 11) is -2.75. The lowest BCUT2D eigenvalue weighted by atomic mass is 10.1. The first-order valence-corrected chi connectivity index (χ1v) is 10.1. The predicted octanol–water partition coefficient (Wildman–Crippen LogP) is 0.847. The Labute approximate surface area is 171 Å². The number of carbonyl (C=O) groups is 2. The second kappa shape index (κ2) is 7.08. The quantitative estimate of drug-likeness (QED) is 0.525. The maximum atomic E-state index is 13.0. The van der Waals surface area contributed by atoms with Crippen LogP contribution in [0.25, 0.3) is 5.76 Å². The molecule has 0 unspecified atom stereocenters. The standard InChI is InChI=1S/C16H15ClN4O5S2/c1-3-6-21-13(15(24)18-20-8-12(22)19(2)16(20)27)14(23)10-5-4-9(17)7-11(10)28(21,25)26/h3-5,7,23H,1,6,8H2,2H3,(H,18,24). The Hall–Kier alpha value is -2.63. The van der Waals surface area contributed by atoms with Crippen molar-refractivity contribution in [1.82, 2.24) is 19.6 Å². The molecule has 0 bridgehead atoms. The fourth-order valence-corrected chi connectivity index (χ4v) is 4.89. The van der Waals surface area contributed by atoms with Gasteiger partial charge in [0.25, 0.3) is 15.9 Å². The summed E-state index contributed by atoms with van der Waals surface area (Å²) >= 11 is 11.0. The van der Waals surface area contributed by atoms with Crippen LogP contribution in [0, 0.1) is 0 Å². The van der Waals surface area contributed by atoms with E-state index in [9.17, 15) is 23.1 Å². The largest absolute Gasteiger partial charge is 0.505 e. The summed E-state index contributed by atoms with van der Waals surface area (Å²) in [6.45, 7) is 3.01. The molecule has 12 heteroatoms. The highest BCUT2D eigenvalue weighted by Crippen LogP contribution is 2.37. The molecule has 0 atom stereocenters. The van der Waals surface area contributed by atoms with Crippen LogP contribution in [0.3, 0.4) is 0 Å². The molecule has 0 aliphatic carbocycles.